The third-order valence-corrected chi connectivity index (χ3v) is 2.06. The molecule has 0 bridgehead atoms. The fourth-order valence-corrected chi connectivity index (χ4v) is 1.08. The number of hydrogen-bond donors (Lipinski definition) is 2. The van der Waals surface area contributed by atoms with Gasteiger partial charge >= 0.3 is 6.18 Å². The van der Waals surface area contributed by atoms with Crippen LogP contribution in [0.1, 0.15) is 19.8 Å². The maximum atomic E-state index is 12.0. The number of aliphatic imine (C=N–C) groups is 1. The molecule has 0 aliphatic carbocycles. The monoisotopic (exact) mass is 396 g/mol. The van der Waals surface area contributed by atoms with Crippen LogP contribution in [0.25, 0.3) is 0 Å². The third kappa shape index (κ3) is 12.1. The van der Waals surface area contributed by atoms with Crippen molar-refractivity contribution >= 4 is 35.8 Å². The summed E-state index contributed by atoms with van der Waals surface area (Å²) in [6.45, 7) is 0.950. The number of carbonyl (C=O) groups excluding carboxylic acids is 1. The lowest BCUT2D eigenvalue weighted by atomic mass is 10.3. The van der Waals surface area contributed by atoms with E-state index in [0.29, 0.717) is 11.4 Å². The van der Waals surface area contributed by atoms with Gasteiger partial charge in [0.05, 0.1) is 0 Å². The van der Waals surface area contributed by atoms with Crippen molar-refractivity contribution in [2.24, 2.45) is 10.7 Å². The zero-order chi connectivity index (χ0) is 14.2. The predicted octanol–water partition coefficient (Wildman–Crippen LogP) is 1.33. The highest BCUT2D eigenvalue weighted by molar-refractivity contribution is 14.0. The van der Waals surface area contributed by atoms with E-state index in [0.717, 1.165) is 19.9 Å². The van der Waals surface area contributed by atoms with Gasteiger partial charge in [-0.15, -0.1) is 24.0 Å². The molecule has 0 aromatic carbocycles. The van der Waals surface area contributed by atoms with Gasteiger partial charge in [0.1, 0.15) is 13.1 Å². The molecule has 0 unspecified atom stereocenters. The minimum atomic E-state index is -4.40. The number of nitrogens with two attached hydrogens (primary N) is 1. The first-order valence-electron chi connectivity index (χ1n) is 5.60. The van der Waals surface area contributed by atoms with Gasteiger partial charge in [-0.3, -0.25) is 4.79 Å². The summed E-state index contributed by atoms with van der Waals surface area (Å²) in [6, 6.07) is 0. The van der Waals surface area contributed by atoms with Crippen LogP contribution < -0.4 is 11.1 Å². The summed E-state index contributed by atoms with van der Waals surface area (Å²) in [4.78, 5) is 15.5. The van der Waals surface area contributed by atoms with Gasteiger partial charge in [-0.25, -0.2) is 4.99 Å². The minimum absolute atomic E-state index is 0. The van der Waals surface area contributed by atoms with Gasteiger partial charge in [-0.2, -0.15) is 13.2 Å². The highest BCUT2D eigenvalue weighted by atomic mass is 127. The Labute approximate surface area is 127 Å². The maximum absolute atomic E-state index is 12.0. The fourth-order valence-electron chi connectivity index (χ4n) is 1.08. The summed E-state index contributed by atoms with van der Waals surface area (Å²) in [5, 5.41) is 2.76. The number of hydrogen-bond acceptors (Lipinski definition) is 2. The van der Waals surface area contributed by atoms with Gasteiger partial charge in [0.15, 0.2) is 5.96 Å². The highest BCUT2D eigenvalue weighted by Gasteiger charge is 2.30. The van der Waals surface area contributed by atoms with Crippen LogP contribution in [0.3, 0.4) is 0 Å². The van der Waals surface area contributed by atoms with Crippen molar-refractivity contribution in [2.45, 2.75) is 25.9 Å². The van der Waals surface area contributed by atoms with Crippen LogP contribution in [0.15, 0.2) is 4.99 Å². The molecule has 0 aromatic rings. The van der Waals surface area contributed by atoms with Crippen molar-refractivity contribution in [3.05, 3.63) is 0 Å². The number of halogens is 4. The summed E-state index contributed by atoms with van der Waals surface area (Å²) in [6.07, 6.45) is -2.52. The summed E-state index contributed by atoms with van der Waals surface area (Å²) in [7, 11) is 1.08. The zero-order valence-corrected chi connectivity index (χ0v) is 13.3. The number of rotatable bonds is 6. The van der Waals surface area contributed by atoms with Crippen LogP contribution in [0.4, 0.5) is 13.2 Å². The minimum Gasteiger partial charge on any atom is -0.370 e. The molecule has 0 heterocycles. The summed E-state index contributed by atoms with van der Waals surface area (Å²) in [5.41, 5.74) is 5.44. The summed E-state index contributed by atoms with van der Waals surface area (Å²) < 4.78 is 36.0. The van der Waals surface area contributed by atoms with Crippen LogP contribution in [0, 0.1) is 0 Å². The molecule has 19 heavy (non-hydrogen) atoms. The van der Waals surface area contributed by atoms with E-state index in [-0.39, 0.29) is 29.9 Å². The van der Waals surface area contributed by atoms with E-state index < -0.39 is 25.2 Å². The second kappa shape index (κ2) is 10.1. The van der Waals surface area contributed by atoms with Crippen molar-refractivity contribution in [2.75, 3.05) is 26.7 Å². The molecule has 0 spiro atoms. The molecule has 0 saturated heterocycles. The van der Waals surface area contributed by atoms with Crippen molar-refractivity contribution < 1.29 is 18.0 Å². The van der Waals surface area contributed by atoms with E-state index >= 15 is 0 Å². The van der Waals surface area contributed by atoms with Gasteiger partial charge in [0, 0.05) is 13.6 Å². The number of carbonyl (C=O) groups is 1. The Morgan fingerprint density at radius 2 is 2.00 bits per heavy atom. The number of guanidine groups is 1. The molecule has 0 aliphatic rings. The SMILES string of the molecule is CCCCNC(N)=NCC(=O)N(C)CC(F)(F)F.I. The molecule has 0 aromatic heterocycles. The molecule has 114 valence electrons. The van der Waals surface area contributed by atoms with E-state index in [2.05, 4.69) is 10.3 Å². The Morgan fingerprint density at radius 1 is 1.42 bits per heavy atom. The summed E-state index contributed by atoms with van der Waals surface area (Å²) >= 11 is 0. The molecular formula is C10H20F3IN4O. The molecule has 3 N–H and O–H groups in total. The van der Waals surface area contributed by atoms with Gasteiger partial charge < -0.3 is 16.0 Å². The summed E-state index contributed by atoms with van der Waals surface area (Å²) in [5.74, 6) is -0.662. The van der Waals surface area contributed by atoms with Gasteiger partial charge in [-0.05, 0) is 6.42 Å². The topological polar surface area (TPSA) is 70.7 Å². The number of unbranched alkanes of at least 4 members (excludes halogenated alkanes) is 1. The lowest BCUT2D eigenvalue weighted by Gasteiger charge is -2.17. The van der Waals surface area contributed by atoms with Crippen LogP contribution in [0.2, 0.25) is 0 Å². The van der Waals surface area contributed by atoms with Crippen LogP contribution >= 0.6 is 24.0 Å². The Morgan fingerprint density at radius 3 is 2.47 bits per heavy atom. The molecular weight excluding hydrogens is 376 g/mol. The smallest absolute Gasteiger partial charge is 0.370 e. The van der Waals surface area contributed by atoms with E-state index in [4.69, 9.17) is 5.73 Å². The van der Waals surface area contributed by atoms with Crippen LogP contribution in [-0.2, 0) is 4.79 Å². The van der Waals surface area contributed by atoms with Crippen molar-refractivity contribution in [1.82, 2.24) is 10.2 Å². The van der Waals surface area contributed by atoms with Crippen LogP contribution in [0.5, 0.6) is 0 Å². The molecule has 0 radical (unpaired) electrons. The fraction of sp³-hybridized carbons (Fsp3) is 0.800. The maximum Gasteiger partial charge on any atom is 0.406 e. The van der Waals surface area contributed by atoms with Crippen molar-refractivity contribution in [1.29, 1.82) is 0 Å². The molecule has 5 nitrogen and oxygen atoms in total. The van der Waals surface area contributed by atoms with E-state index in [1.54, 1.807) is 0 Å². The molecule has 0 fully saturated rings. The first kappa shape index (κ1) is 20.6. The van der Waals surface area contributed by atoms with Gasteiger partial charge in [0.25, 0.3) is 0 Å². The van der Waals surface area contributed by atoms with Crippen molar-refractivity contribution in [3.63, 3.8) is 0 Å². The standard InChI is InChI=1S/C10H19F3N4O.HI/c1-3-4-5-15-9(14)16-6-8(18)17(2)7-10(11,12)13;/h3-7H2,1-2H3,(H3,14,15,16);1H. The van der Waals surface area contributed by atoms with E-state index in [1.807, 2.05) is 6.92 Å². The van der Waals surface area contributed by atoms with Crippen molar-refractivity contribution in [3.8, 4) is 0 Å². The van der Waals surface area contributed by atoms with E-state index in [9.17, 15) is 18.0 Å². The molecule has 0 rings (SSSR count). The molecule has 1 amide bonds. The molecule has 0 saturated carbocycles. The molecule has 0 aliphatic heterocycles. The predicted molar refractivity (Wildman–Crippen MR) is 78.5 cm³/mol. The Hall–Kier alpha value is -0.740. The first-order valence-corrected chi connectivity index (χ1v) is 5.60. The molecule has 0 atom stereocenters. The number of amides is 1. The largest absolute Gasteiger partial charge is 0.406 e. The quantitative estimate of drug-likeness (QED) is 0.308. The Kier molecular flexibility index (Phi) is 10.9. The first-order chi connectivity index (χ1) is 8.26. The third-order valence-electron chi connectivity index (χ3n) is 2.06. The average Bonchev–Trinajstić information content (AvgIpc) is 2.23. The van der Waals surface area contributed by atoms with E-state index in [1.165, 1.54) is 0 Å². The second-order valence-electron chi connectivity index (χ2n) is 3.85. The number of likely N-dealkylation sites (N-methyl/N-ethyl adjacent to an activating group) is 1. The highest BCUT2D eigenvalue weighted by Crippen LogP contribution is 2.15. The Bertz CT molecular complexity index is 297. The zero-order valence-electron chi connectivity index (χ0n) is 11.0. The lowest BCUT2D eigenvalue weighted by Crippen LogP contribution is -2.38. The normalized spacial score (nSPS) is 11.7. The lowest BCUT2D eigenvalue weighted by molar-refractivity contribution is -0.157. The number of alkyl halides is 3. The average molecular weight is 396 g/mol. The van der Waals surface area contributed by atoms with Crippen LogP contribution in [-0.4, -0.2) is 49.6 Å². The molecule has 9 heteroatoms. The van der Waals surface area contributed by atoms with Gasteiger partial charge in [0.2, 0.25) is 5.91 Å². The second-order valence-corrected chi connectivity index (χ2v) is 3.85. The van der Waals surface area contributed by atoms with Gasteiger partial charge in [-0.1, -0.05) is 13.3 Å². The number of nitrogens with one attached hydrogen (secondary N) is 1. The Balaban J connectivity index is 0. The number of nitrogens with zero attached hydrogens (tertiary/aromatic N) is 2.